The zero-order chi connectivity index (χ0) is 63.5. The molecule has 506 valence electrons. The molecule has 0 bridgehead atoms. The van der Waals surface area contributed by atoms with Crippen LogP contribution < -0.4 is 5.32 Å². The molecule has 0 aliphatic carbocycles. The van der Waals surface area contributed by atoms with Crippen molar-refractivity contribution < 1.29 is 37.3 Å². The first-order chi connectivity index (χ1) is 42.4. The number of hydrogen-bond acceptors (Lipinski definition) is 6. The third-order valence-corrected chi connectivity index (χ3v) is 17.3. The standard InChI is InChI=1S/C77H141N2O7P/c1-7-10-13-16-19-22-25-28-30-32-34-36-38-39-41-42-44-46-48-51-54-57-60-63-66-69-76(80)78-74(73-85-87(82,83)84-72-71-79(4,5)6)75(68-65-62-59-56-53-50-27-24-21-18-15-12-9-3)86-77(81)70-67-64-61-58-55-52-49-47-45-43-40-37-35-33-31-29-26-23-20-17-14-11-8-2/h10,13,19,22,28,30,34,36,39,41,44,46,65,68,74-75H,7-9,11-12,14-18,20-21,23-27,29,31-33,35,37-38,40,42-43,45,47-64,66-67,69-73H2,1-6H3,(H-,78,80,82,83)/p+1/b13-10-,22-19-,30-28-,36-34-,41-39-,46-44-,68-65+. The normalized spacial score (nSPS) is 14.0. The molecule has 9 nitrogen and oxygen atoms in total. The maximum absolute atomic E-state index is 13.6. The number of hydrogen-bond donors (Lipinski definition) is 2. The number of unbranched alkanes of at least 4 members (excludes halogenated alkanes) is 39. The van der Waals surface area contributed by atoms with Gasteiger partial charge in [0.2, 0.25) is 5.91 Å². The molecule has 0 aliphatic heterocycles. The second kappa shape index (κ2) is 66.1. The predicted molar refractivity (Wildman–Crippen MR) is 378 cm³/mol. The number of likely N-dealkylation sites (N-methyl/N-ethyl adjacent to an activating group) is 1. The van der Waals surface area contributed by atoms with Gasteiger partial charge in [-0.15, -0.1) is 0 Å². The summed E-state index contributed by atoms with van der Waals surface area (Å²) in [4.78, 5) is 38.0. The predicted octanol–water partition coefficient (Wildman–Crippen LogP) is 23.7. The second-order valence-electron chi connectivity index (χ2n) is 26.1. The molecule has 1 amide bonds. The lowest BCUT2D eigenvalue weighted by atomic mass is 10.0. The van der Waals surface area contributed by atoms with Gasteiger partial charge in [0, 0.05) is 12.8 Å². The van der Waals surface area contributed by atoms with Gasteiger partial charge in [0.05, 0.1) is 33.8 Å². The molecule has 10 heteroatoms. The molecule has 87 heavy (non-hydrogen) atoms. The number of ether oxygens (including phenoxy) is 1. The molecule has 3 unspecified atom stereocenters. The van der Waals surface area contributed by atoms with Gasteiger partial charge in [-0.05, 0) is 83.1 Å². The Hall–Kier alpha value is -2.81. The Labute approximate surface area is 539 Å². The van der Waals surface area contributed by atoms with Gasteiger partial charge in [0.25, 0.3) is 0 Å². The minimum Gasteiger partial charge on any atom is -0.456 e. The Bertz CT molecular complexity index is 1760. The van der Waals surface area contributed by atoms with Crippen LogP contribution in [0.4, 0.5) is 0 Å². The summed E-state index contributed by atoms with van der Waals surface area (Å²) < 4.78 is 30.9. The summed E-state index contributed by atoms with van der Waals surface area (Å²) in [5.74, 6) is -0.510. The van der Waals surface area contributed by atoms with Crippen molar-refractivity contribution in [3.8, 4) is 0 Å². The fourth-order valence-electron chi connectivity index (χ4n) is 10.7. The van der Waals surface area contributed by atoms with E-state index in [-0.39, 0.29) is 31.5 Å². The molecule has 0 aliphatic rings. The maximum Gasteiger partial charge on any atom is 0.472 e. The molecule has 0 spiro atoms. The molecule has 0 aromatic carbocycles. The lowest BCUT2D eigenvalue weighted by Crippen LogP contribution is -2.47. The zero-order valence-electron chi connectivity index (χ0n) is 58.0. The van der Waals surface area contributed by atoms with E-state index < -0.39 is 20.0 Å². The van der Waals surface area contributed by atoms with E-state index >= 15 is 0 Å². The van der Waals surface area contributed by atoms with Gasteiger partial charge in [-0.1, -0.05) is 331 Å². The molecule has 2 N–H and O–H groups in total. The van der Waals surface area contributed by atoms with Crippen molar-refractivity contribution in [3.05, 3.63) is 85.1 Å². The summed E-state index contributed by atoms with van der Waals surface area (Å²) in [6, 6.07) is -0.860. The average Bonchev–Trinajstić information content (AvgIpc) is 3.70. The summed E-state index contributed by atoms with van der Waals surface area (Å²) >= 11 is 0. The zero-order valence-corrected chi connectivity index (χ0v) is 58.9. The number of rotatable bonds is 67. The van der Waals surface area contributed by atoms with E-state index in [1.165, 1.54) is 186 Å². The van der Waals surface area contributed by atoms with E-state index in [0.717, 1.165) is 122 Å². The highest BCUT2D eigenvalue weighted by Gasteiger charge is 2.30. The molecule has 0 saturated carbocycles. The van der Waals surface area contributed by atoms with Gasteiger partial charge in [-0.2, -0.15) is 0 Å². The number of nitrogens with one attached hydrogen (secondary N) is 1. The summed E-state index contributed by atoms with van der Waals surface area (Å²) in [6.45, 7) is 6.93. The highest BCUT2D eigenvalue weighted by Crippen LogP contribution is 2.43. The fourth-order valence-corrected chi connectivity index (χ4v) is 11.4. The minimum atomic E-state index is -4.46. The van der Waals surface area contributed by atoms with E-state index in [4.69, 9.17) is 13.8 Å². The van der Waals surface area contributed by atoms with Gasteiger partial charge in [-0.25, -0.2) is 4.57 Å². The lowest BCUT2D eigenvalue weighted by Gasteiger charge is -2.27. The van der Waals surface area contributed by atoms with Crippen LogP contribution in [-0.4, -0.2) is 74.3 Å². The van der Waals surface area contributed by atoms with E-state index in [9.17, 15) is 19.0 Å². The van der Waals surface area contributed by atoms with Crippen molar-refractivity contribution in [2.75, 3.05) is 40.9 Å². The van der Waals surface area contributed by atoms with Crippen LogP contribution in [0.2, 0.25) is 0 Å². The van der Waals surface area contributed by atoms with Crippen LogP contribution in [0.3, 0.4) is 0 Å². The summed E-state index contributed by atoms with van der Waals surface area (Å²) in [5, 5.41) is 3.07. The highest BCUT2D eigenvalue weighted by atomic mass is 31.2. The monoisotopic (exact) mass is 1240 g/mol. The maximum atomic E-state index is 13.6. The first-order valence-corrected chi connectivity index (χ1v) is 38.4. The van der Waals surface area contributed by atoms with Crippen molar-refractivity contribution in [2.24, 2.45) is 0 Å². The number of esters is 1. The van der Waals surface area contributed by atoms with Crippen molar-refractivity contribution in [3.63, 3.8) is 0 Å². The van der Waals surface area contributed by atoms with Crippen molar-refractivity contribution in [1.82, 2.24) is 5.32 Å². The van der Waals surface area contributed by atoms with Crippen LogP contribution in [0, 0.1) is 0 Å². The molecule has 0 fully saturated rings. The third-order valence-electron chi connectivity index (χ3n) is 16.3. The van der Waals surface area contributed by atoms with Crippen LogP contribution >= 0.6 is 7.82 Å². The molecule has 3 atom stereocenters. The van der Waals surface area contributed by atoms with E-state index in [1.807, 2.05) is 33.3 Å². The fraction of sp³-hybridized carbons (Fsp3) is 0.792. The number of amides is 1. The Balaban J connectivity index is 5.10. The quantitative estimate of drug-likeness (QED) is 0.0205. The van der Waals surface area contributed by atoms with Gasteiger partial charge in [-0.3, -0.25) is 18.6 Å². The lowest BCUT2D eigenvalue weighted by molar-refractivity contribution is -0.870. The van der Waals surface area contributed by atoms with Crippen molar-refractivity contribution in [2.45, 2.75) is 354 Å². The van der Waals surface area contributed by atoms with E-state index in [1.54, 1.807) is 0 Å². The van der Waals surface area contributed by atoms with Gasteiger partial charge < -0.3 is 19.4 Å². The molecule has 0 heterocycles. The van der Waals surface area contributed by atoms with Crippen molar-refractivity contribution in [1.29, 1.82) is 0 Å². The Morgan fingerprint density at radius 2 is 0.736 bits per heavy atom. The van der Waals surface area contributed by atoms with Crippen LogP contribution in [0.1, 0.15) is 342 Å². The van der Waals surface area contributed by atoms with E-state index in [0.29, 0.717) is 17.4 Å². The molecule has 0 aromatic heterocycles. The third kappa shape index (κ3) is 67.4. The van der Waals surface area contributed by atoms with Crippen LogP contribution in [-0.2, 0) is 27.9 Å². The van der Waals surface area contributed by atoms with Gasteiger partial charge in [0.15, 0.2) is 0 Å². The van der Waals surface area contributed by atoms with Crippen LogP contribution in [0.25, 0.3) is 0 Å². The molecular formula is C77H142N2O7P+. The molecular weight excluding hydrogens is 1100 g/mol. The summed E-state index contributed by atoms with van der Waals surface area (Å²) in [5.41, 5.74) is 0. The Morgan fingerprint density at radius 1 is 0.414 bits per heavy atom. The molecule has 0 rings (SSSR count). The van der Waals surface area contributed by atoms with E-state index in [2.05, 4.69) is 99.0 Å². The highest BCUT2D eigenvalue weighted by molar-refractivity contribution is 7.47. The topological polar surface area (TPSA) is 111 Å². The number of carbonyl (C=O) groups is 2. The first-order valence-electron chi connectivity index (χ1n) is 36.9. The number of phosphoric ester groups is 1. The minimum absolute atomic E-state index is 0.0354. The number of carbonyl (C=O) groups excluding carboxylic acids is 2. The second-order valence-corrected chi connectivity index (χ2v) is 27.5. The Morgan fingerprint density at radius 3 is 1.10 bits per heavy atom. The largest absolute Gasteiger partial charge is 0.472 e. The summed E-state index contributed by atoms with van der Waals surface area (Å²) in [7, 11) is 1.49. The van der Waals surface area contributed by atoms with Crippen molar-refractivity contribution >= 4 is 19.7 Å². The van der Waals surface area contributed by atoms with Gasteiger partial charge in [0.1, 0.15) is 19.3 Å². The average molecular weight is 1240 g/mol. The number of allylic oxidation sites excluding steroid dienone is 13. The number of quaternary nitrogens is 1. The first kappa shape index (κ1) is 84.2. The number of phosphoric acid groups is 1. The smallest absolute Gasteiger partial charge is 0.456 e. The van der Waals surface area contributed by atoms with Crippen LogP contribution in [0.5, 0.6) is 0 Å². The SMILES string of the molecule is CC/C=C\C/C=C\C/C=C\C/C=C\C/C=C\C/C=C\CCCCCCCCC(=O)NC(COP(=O)(O)OCC[N+](C)(C)C)C(/C=C/CCCCCCCCCCCCC)OC(=O)CCCCCCCCCCCCCCCCCCCCCCCCC. The Kier molecular flexibility index (Phi) is 64.0. The summed E-state index contributed by atoms with van der Waals surface area (Å²) in [6.07, 6.45) is 88.8. The van der Waals surface area contributed by atoms with Crippen LogP contribution in [0.15, 0.2) is 85.1 Å². The molecule has 0 radical (unpaired) electrons. The number of nitrogens with zero attached hydrogens (tertiary/aromatic N) is 1. The molecule has 0 aromatic rings. The van der Waals surface area contributed by atoms with Gasteiger partial charge >= 0.3 is 13.8 Å². The molecule has 0 saturated heterocycles.